The van der Waals surface area contributed by atoms with Crippen LogP contribution in [0.3, 0.4) is 0 Å². The molecule has 0 unspecified atom stereocenters. The standard InChI is InChI=1S/C20H20N2O7/c1-12(23)21-15-4-6-17(7-5-15)29-11-18(24)22-16-9-13(19(25)27-2)8-14(10-16)20(26)28-3/h4-10H,11H2,1-3H3,(H,21,23)(H,22,24). The molecule has 9 heteroatoms. The molecule has 0 aliphatic carbocycles. The van der Waals surface area contributed by atoms with E-state index in [4.69, 9.17) is 4.74 Å². The fourth-order valence-electron chi connectivity index (χ4n) is 2.35. The number of nitrogens with one attached hydrogen (secondary N) is 2. The Morgan fingerprint density at radius 3 is 1.83 bits per heavy atom. The molecule has 2 rings (SSSR count). The number of anilines is 2. The van der Waals surface area contributed by atoms with Crippen LogP contribution in [0.25, 0.3) is 0 Å². The number of rotatable bonds is 7. The molecule has 0 bridgehead atoms. The molecule has 0 aliphatic heterocycles. The molecule has 0 fully saturated rings. The Balaban J connectivity index is 2.04. The average molecular weight is 400 g/mol. The number of benzene rings is 2. The molecule has 0 aliphatic rings. The first-order valence-electron chi connectivity index (χ1n) is 8.44. The highest BCUT2D eigenvalue weighted by Gasteiger charge is 2.15. The number of amides is 2. The van der Waals surface area contributed by atoms with E-state index in [-0.39, 0.29) is 29.3 Å². The van der Waals surface area contributed by atoms with Crippen molar-refractivity contribution in [3.05, 3.63) is 53.6 Å². The second-order valence-electron chi connectivity index (χ2n) is 5.82. The molecule has 2 aromatic carbocycles. The summed E-state index contributed by atoms with van der Waals surface area (Å²) in [6.07, 6.45) is 0. The summed E-state index contributed by atoms with van der Waals surface area (Å²) in [5.41, 5.74) is 0.979. The van der Waals surface area contributed by atoms with Gasteiger partial charge in [-0.05, 0) is 42.5 Å². The topological polar surface area (TPSA) is 120 Å². The van der Waals surface area contributed by atoms with Gasteiger partial charge in [-0.1, -0.05) is 0 Å². The van der Waals surface area contributed by atoms with E-state index in [0.717, 1.165) is 0 Å². The third-order valence-corrected chi connectivity index (χ3v) is 3.60. The first kappa shape index (κ1) is 21.4. The molecule has 0 atom stereocenters. The highest BCUT2D eigenvalue weighted by Crippen LogP contribution is 2.18. The first-order valence-corrected chi connectivity index (χ1v) is 8.44. The van der Waals surface area contributed by atoms with E-state index in [0.29, 0.717) is 11.4 Å². The maximum atomic E-state index is 12.2. The van der Waals surface area contributed by atoms with Crippen molar-refractivity contribution in [2.75, 3.05) is 31.5 Å². The van der Waals surface area contributed by atoms with Crippen LogP contribution in [0.4, 0.5) is 11.4 Å². The molecule has 152 valence electrons. The lowest BCUT2D eigenvalue weighted by Crippen LogP contribution is -2.21. The van der Waals surface area contributed by atoms with Crippen LogP contribution in [0, 0.1) is 0 Å². The molecule has 0 aromatic heterocycles. The smallest absolute Gasteiger partial charge is 0.337 e. The summed E-state index contributed by atoms with van der Waals surface area (Å²) in [4.78, 5) is 46.7. The number of carbonyl (C=O) groups is 4. The molecule has 2 N–H and O–H groups in total. The highest BCUT2D eigenvalue weighted by atomic mass is 16.5. The maximum absolute atomic E-state index is 12.2. The number of ether oxygens (including phenoxy) is 3. The molecule has 0 saturated heterocycles. The Morgan fingerprint density at radius 2 is 1.34 bits per heavy atom. The van der Waals surface area contributed by atoms with Gasteiger partial charge in [-0.3, -0.25) is 9.59 Å². The van der Waals surface area contributed by atoms with Crippen molar-refractivity contribution < 1.29 is 33.4 Å². The summed E-state index contributed by atoms with van der Waals surface area (Å²) < 4.78 is 14.7. The normalized spacial score (nSPS) is 9.90. The van der Waals surface area contributed by atoms with Crippen molar-refractivity contribution >= 4 is 35.1 Å². The summed E-state index contributed by atoms with van der Waals surface area (Å²) in [5.74, 6) is -1.61. The quantitative estimate of drug-likeness (QED) is 0.684. The Morgan fingerprint density at radius 1 is 0.793 bits per heavy atom. The number of esters is 2. The van der Waals surface area contributed by atoms with Crippen LogP contribution in [0.1, 0.15) is 27.6 Å². The second kappa shape index (κ2) is 9.88. The van der Waals surface area contributed by atoms with E-state index in [1.807, 2.05) is 0 Å². The zero-order valence-electron chi connectivity index (χ0n) is 16.1. The van der Waals surface area contributed by atoms with Gasteiger partial charge in [0.1, 0.15) is 5.75 Å². The van der Waals surface area contributed by atoms with Gasteiger partial charge in [0, 0.05) is 18.3 Å². The van der Waals surface area contributed by atoms with Crippen molar-refractivity contribution in [3.8, 4) is 5.75 Å². The van der Waals surface area contributed by atoms with Gasteiger partial charge in [0.2, 0.25) is 5.91 Å². The Bertz CT molecular complexity index is 889. The Kier molecular flexibility index (Phi) is 7.30. The van der Waals surface area contributed by atoms with Gasteiger partial charge >= 0.3 is 11.9 Å². The van der Waals surface area contributed by atoms with Crippen LogP contribution in [-0.2, 0) is 19.1 Å². The molecular weight excluding hydrogens is 380 g/mol. The van der Waals surface area contributed by atoms with E-state index < -0.39 is 17.8 Å². The number of hydrogen-bond donors (Lipinski definition) is 2. The zero-order chi connectivity index (χ0) is 21.4. The molecule has 0 radical (unpaired) electrons. The summed E-state index contributed by atoms with van der Waals surface area (Å²) in [6, 6.07) is 10.5. The lowest BCUT2D eigenvalue weighted by Gasteiger charge is -2.11. The molecule has 0 heterocycles. The lowest BCUT2D eigenvalue weighted by molar-refractivity contribution is -0.118. The van der Waals surface area contributed by atoms with Crippen molar-refractivity contribution in [1.29, 1.82) is 0 Å². The molecule has 2 aromatic rings. The zero-order valence-corrected chi connectivity index (χ0v) is 16.1. The van der Waals surface area contributed by atoms with Gasteiger partial charge in [0.05, 0.1) is 25.3 Å². The van der Waals surface area contributed by atoms with Crippen molar-refractivity contribution in [2.45, 2.75) is 6.92 Å². The molecule has 0 spiro atoms. The minimum Gasteiger partial charge on any atom is -0.484 e. The minimum atomic E-state index is -0.665. The van der Waals surface area contributed by atoms with E-state index in [1.165, 1.54) is 39.3 Å². The number of carbonyl (C=O) groups excluding carboxylic acids is 4. The predicted octanol–water partition coefficient (Wildman–Crippen LogP) is 2.24. The first-order chi connectivity index (χ1) is 13.8. The van der Waals surface area contributed by atoms with Gasteiger partial charge in [-0.25, -0.2) is 9.59 Å². The van der Waals surface area contributed by atoms with Crippen molar-refractivity contribution in [3.63, 3.8) is 0 Å². The summed E-state index contributed by atoms with van der Waals surface area (Å²) in [7, 11) is 2.41. The fraction of sp³-hybridized carbons (Fsp3) is 0.200. The van der Waals surface area contributed by atoms with Crippen LogP contribution < -0.4 is 15.4 Å². The lowest BCUT2D eigenvalue weighted by atomic mass is 10.1. The van der Waals surface area contributed by atoms with Crippen LogP contribution in [-0.4, -0.2) is 44.6 Å². The predicted molar refractivity (Wildman–Crippen MR) is 104 cm³/mol. The molecule has 9 nitrogen and oxygen atoms in total. The van der Waals surface area contributed by atoms with Crippen LogP contribution >= 0.6 is 0 Å². The molecular formula is C20H20N2O7. The highest BCUT2D eigenvalue weighted by molar-refractivity contribution is 5.99. The van der Waals surface area contributed by atoms with E-state index >= 15 is 0 Å². The minimum absolute atomic E-state index is 0.0835. The fourth-order valence-corrected chi connectivity index (χ4v) is 2.35. The average Bonchev–Trinajstić information content (AvgIpc) is 2.71. The van der Waals surface area contributed by atoms with Crippen LogP contribution in [0.2, 0.25) is 0 Å². The van der Waals surface area contributed by atoms with Gasteiger partial charge in [-0.2, -0.15) is 0 Å². The molecule has 29 heavy (non-hydrogen) atoms. The molecule has 2 amide bonds. The summed E-state index contributed by atoms with van der Waals surface area (Å²) in [6.45, 7) is 1.09. The number of methoxy groups -OCH3 is 2. The third-order valence-electron chi connectivity index (χ3n) is 3.60. The van der Waals surface area contributed by atoms with Gasteiger partial charge in [-0.15, -0.1) is 0 Å². The third kappa shape index (κ3) is 6.35. The second-order valence-corrected chi connectivity index (χ2v) is 5.82. The van der Waals surface area contributed by atoms with Crippen molar-refractivity contribution in [1.82, 2.24) is 0 Å². The summed E-state index contributed by atoms with van der Waals surface area (Å²) >= 11 is 0. The largest absolute Gasteiger partial charge is 0.484 e. The Labute approximate surface area is 166 Å². The van der Waals surface area contributed by atoms with Crippen LogP contribution in [0.5, 0.6) is 5.75 Å². The van der Waals surface area contributed by atoms with Gasteiger partial charge < -0.3 is 24.8 Å². The maximum Gasteiger partial charge on any atom is 0.337 e. The monoisotopic (exact) mass is 400 g/mol. The SMILES string of the molecule is COC(=O)c1cc(NC(=O)COc2ccc(NC(C)=O)cc2)cc(C(=O)OC)c1. The van der Waals surface area contributed by atoms with E-state index in [1.54, 1.807) is 24.3 Å². The summed E-state index contributed by atoms with van der Waals surface area (Å²) in [5, 5.41) is 5.17. The van der Waals surface area contributed by atoms with E-state index in [9.17, 15) is 19.2 Å². The van der Waals surface area contributed by atoms with Crippen LogP contribution in [0.15, 0.2) is 42.5 Å². The van der Waals surface area contributed by atoms with E-state index in [2.05, 4.69) is 20.1 Å². The van der Waals surface area contributed by atoms with Gasteiger partial charge in [0.25, 0.3) is 5.91 Å². The van der Waals surface area contributed by atoms with Crippen molar-refractivity contribution in [2.24, 2.45) is 0 Å². The number of hydrogen-bond acceptors (Lipinski definition) is 7. The Hall–Kier alpha value is -3.88. The molecule has 0 saturated carbocycles. The van der Waals surface area contributed by atoms with Gasteiger partial charge in [0.15, 0.2) is 6.61 Å².